The number of amides is 1. The zero-order valence-electron chi connectivity index (χ0n) is 12.2. The summed E-state index contributed by atoms with van der Waals surface area (Å²) < 4.78 is 1.63. The van der Waals surface area contributed by atoms with Gasteiger partial charge in [0, 0.05) is 36.8 Å². The predicted octanol–water partition coefficient (Wildman–Crippen LogP) is -1.27. The van der Waals surface area contributed by atoms with Gasteiger partial charge >= 0.3 is 0 Å². The molecule has 2 rings (SSSR count). The number of pyridine rings is 1. The van der Waals surface area contributed by atoms with Gasteiger partial charge in [0.15, 0.2) is 12.4 Å². The first-order valence-corrected chi connectivity index (χ1v) is 6.50. The number of Topliss-reactive ketones (excluding diaryl/α,β-unsaturated/α-hetero) is 1. The monoisotopic (exact) mass is 335 g/mol. The molecule has 0 spiro atoms. The molecule has 1 heterocycles. The largest absolute Gasteiger partial charge is 1.00 e. The van der Waals surface area contributed by atoms with Gasteiger partial charge in [-0.1, -0.05) is 12.1 Å². The van der Waals surface area contributed by atoms with E-state index in [1.165, 1.54) is 25.1 Å². The Morgan fingerprint density at radius 2 is 1.87 bits per heavy atom. The third kappa shape index (κ3) is 5.15. The van der Waals surface area contributed by atoms with Gasteiger partial charge in [-0.25, -0.2) is 0 Å². The standard InChI is InChI=1S/C15H13N3O4.ClH/c1-11(19)16-13-5-7-17(8-6-13)10-15(20)12-3-2-4-14(9-12)18(21)22;/h2-9H,10H2,1H3;1H. The number of hydrogen-bond donors (Lipinski definition) is 1. The second kappa shape index (κ2) is 8.00. The van der Waals surface area contributed by atoms with E-state index in [1.807, 2.05) is 0 Å². The van der Waals surface area contributed by atoms with Gasteiger partial charge in [0.05, 0.1) is 10.6 Å². The van der Waals surface area contributed by atoms with Crippen LogP contribution in [0.25, 0.3) is 0 Å². The molecule has 0 aliphatic heterocycles. The van der Waals surface area contributed by atoms with Gasteiger partial charge < -0.3 is 17.7 Å². The van der Waals surface area contributed by atoms with E-state index < -0.39 is 4.92 Å². The van der Waals surface area contributed by atoms with Crippen LogP contribution in [0.3, 0.4) is 0 Å². The van der Waals surface area contributed by atoms with Crippen molar-refractivity contribution in [2.75, 3.05) is 5.32 Å². The van der Waals surface area contributed by atoms with E-state index >= 15 is 0 Å². The molecule has 8 heteroatoms. The van der Waals surface area contributed by atoms with Gasteiger partial charge in [-0.15, -0.1) is 0 Å². The molecule has 1 aromatic carbocycles. The molecule has 0 fully saturated rings. The molecule has 0 saturated heterocycles. The average molecular weight is 336 g/mol. The van der Waals surface area contributed by atoms with Crippen LogP contribution in [0.4, 0.5) is 11.4 Å². The van der Waals surface area contributed by atoms with Crippen LogP contribution >= 0.6 is 0 Å². The summed E-state index contributed by atoms with van der Waals surface area (Å²) in [7, 11) is 0. The SMILES string of the molecule is CC(=O)Nc1cc[n+](CC(=O)c2cccc([N+](=O)[O-])c2)cc1.[Cl-]. The fourth-order valence-corrected chi connectivity index (χ4v) is 1.90. The van der Waals surface area contributed by atoms with Crippen molar-refractivity contribution < 1.29 is 31.5 Å². The number of non-ortho nitro benzene ring substituents is 1. The Hall–Kier alpha value is -2.80. The summed E-state index contributed by atoms with van der Waals surface area (Å²) in [6.07, 6.45) is 3.31. The zero-order valence-corrected chi connectivity index (χ0v) is 13.0. The molecular formula is C15H14ClN3O4. The maximum Gasteiger partial charge on any atom is 0.270 e. The van der Waals surface area contributed by atoms with E-state index in [0.717, 1.165) is 0 Å². The van der Waals surface area contributed by atoms with Gasteiger partial charge in [-0.3, -0.25) is 19.7 Å². The predicted molar refractivity (Wildman–Crippen MR) is 78.4 cm³/mol. The number of nitrogens with one attached hydrogen (secondary N) is 1. The highest BCUT2D eigenvalue weighted by Crippen LogP contribution is 2.13. The van der Waals surface area contributed by atoms with Crippen LogP contribution in [0.15, 0.2) is 48.8 Å². The first kappa shape index (κ1) is 18.2. The first-order valence-electron chi connectivity index (χ1n) is 6.50. The number of aromatic nitrogens is 1. The van der Waals surface area contributed by atoms with Gasteiger partial charge in [0.25, 0.3) is 5.69 Å². The van der Waals surface area contributed by atoms with Crippen LogP contribution in [0.1, 0.15) is 17.3 Å². The maximum atomic E-state index is 12.1. The van der Waals surface area contributed by atoms with Gasteiger partial charge in [0.1, 0.15) is 0 Å². The Labute approximate surface area is 138 Å². The number of nitro groups is 1. The number of ketones is 1. The Bertz CT molecular complexity index is 732. The molecule has 0 bridgehead atoms. The molecule has 0 radical (unpaired) electrons. The molecule has 1 N–H and O–H groups in total. The number of carbonyl (C=O) groups is 2. The summed E-state index contributed by atoms with van der Waals surface area (Å²) >= 11 is 0. The van der Waals surface area contributed by atoms with Crippen LogP contribution in [-0.4, -0.2) is 16.6 Å². The lowest BCUT2D eigenvalue weighted by atomic mass is 10.1. The van der Waals surface area contributed by atoms with Crippen molar-refractivity contribution in [1.82, 2.24) is 0 Å². The Morgan fingerprint density at radius 1 is 1.22 bits per heavy atom. The van der Waals surface area contributed by atoms with E-state index in [4.69, 9.17) is 0 Å². The quantitative estimate of drug-likeness (QED) is 0.319. The molecule has 1 amide bonds. The maximum absolute atomic E-state index is 12.1. The molecule has 120 valence electrons. The van der Waals surface area contributed by atoms with E-state index in [2.05, 4.69) is 5.32 Å². The number of nitro benzene ring substituents is 1. The Morgan fingerprint density at radius 3 is 2.43 bits per heavy atom. The average Bonchev–Trinajstić information content (AvgIpc) is 2.49. The van der Waals surface area contributed by atoms with Crippen LogP contribution in [0, 0.1) is 10.1 Å². The number of halogens is 1. The Kier molecular flexibility index (Phi) is 6.35. The lowest BCUT2D eigenvalue weighted by Gasteiger charge is -2.01. The van der Waals surface area contributed by atoms with E-state index in [0.29, 0.717) is 5.69 Å². The van der Waals surface area contributed by atoms with Crippen molar-refractivity contribution in [2.45, 2.75) is 13.5 Å². The van der Waals surface area contributed by atoms with E-state index in [1.54, 1.807) is 35.2 Å². The molecule has 0 aliphatic carbocycles. The van der Waals surface area contributed by atoms with Gasteiger partial charge in [0.2, 0.25) is 18.2 Å². The second-order valence-corrected chi connectivity index (χ2v) is 4.67. The summed E-state index contributed by atoms with van der Waals surface area (Å²) in [5.41, 5.74) is 0.802. The number of hydrogen-bond acceptors (Lipinski definition) is 4. The van der Waals surface area contributed by atoms with Crippen molar-refractivity contribution in [2.24, 2.45) is 0 Å². The third-order valence-corrected chi connectivity index (χ3v) is 2.92. The zero-order chi connectivity index (χ0) is 16.1. The van der Waals surface area contributed by atoms with Crippen LogP contribution in [-0.2, 0) is 11.3 Å². The minimum absolute atomic E-state index is 0. The lowest BCUT2D eigenvalue weighted by molar-refractivity contribution is -0.683. The molecule has 0 saturated carbocycles. The number of benzene rings is 1. The summed E-state index contributed by atoms with van der Waals surface area (Å²) in [5, 5.41) is 13.3. The summed E-state index contributed by atoms with van der Waals surface area (Å²) in [6.45, 7) is 1.47. The molecular weight excluding hydrogens is 322 g/mol. The van der Waals surface area contributed by atoms with Crippen LogP contribution < -0.4 is 22.3 Å². The number of nitrogens with zero attached hydrogens (tertiary/aromatic N) is 2. The number of rotatable bonds is 5. The molecule has 0 atom stereocenters. The topological polar surface area (TPSA) is 93.2 Å². The normalized spacial score (nSPS) is 9.61. The van der Waals surface area contributed by atoms with Crippen molar-refractivity contribution >= 4 is 23.1 Å². The highest BCUT2D eigenvalue weighted by molar-refractivity contribution is 5.95. The van der Waals surface area contributed by atoms with Crippen molar-refractivity contribution in [3.63, 3.8) is 0 Å². The lowest BCUT2D eigenvalue weighted by Crippen LogP contribution is -3.00. The molecule has 23 heavy (non-hydrogen) atoms. The van der Waals surface area contributed by atoms with Crippen LogP contribution in [0.5, 0.6) is 0 Å². The van der Waals surface area contributed by atoms with E-state index in [9.17, 15) is 19.7 Å². The smallest absolute Gasteiger partial charge is 0.270 e. The van der Waals surface area contributed by atoms with Crippen molar-refractivity contribution in [3.05, 3.63) is 64.5 Å². The highest BCUT2D eigenvalue weighted by Gasteiger charge is 2.15. The van der Waals surface area contributed by atoms with Crippen molar-refractivity contribution in [3.8, 4) is 0 Å². The first-order chi connectivity index (χ1) is 10.5. The van der Waals surface area contributed by atoms with E-state index in [-0.39, 0.29) is 41.9 Å². The molecule has 0 unspecified atom stereocenters. The summed E-state index contributed by atoms with van der Waals surface area (Å²) in [6, 6.07) is 8.96. The third-order valence-electron chi connectivity index (χ3n) is 2.92. The summed E-state index contributed by atoms with van der Waals surface area (Å²) in [5.74, 6) is -0.411. The van der Waals surface area contributed by atoms with Crippen molar-refractivity contribution in [1.29, 1.82) is 0 Å². The molecule has 0 aliphatic rings. The molecule has 2 aromatic rings. The van der Waals surface area contributed by atoms with Gasteiger partial charge in [-0.05, 0) is 0 Å². The minimum Gasteiger partial charge on any atom is -1.00 e. The Balaban J connectivity index is 0.00000264. The molecule has 7 nitrogen and oxygen atoms in total. The number of anilines is 1. The fourth-order valence-electron chi connectivity index (χ4n) is 1.90. The van der Waals surface area contributed by atoms with Gasteiger partial charge in [-0.2, -0.15) is 4.57 Å². The highest BCUT2D eigenvalue weighted by atomic mass is 35.5. The molecule has 1 aromatic heterocycles. The summed E-state index contributed by atoms with van der Waals surface area (Å²) in [4.78, 5) is 33.2. The second-order valence-electron chi connectivity index (χ2n) is 4.67. The number of carbonyl (C=O) groups excluding carboxylic acids is 2. The van der Waals surface area contributed by atoms with Crippen LogP contribution in [0.2, 0.25) is 0 Å². The fraction of sp³-hybridized carbons (Fsp3) is 0.133. The minimum atomic E-state index is -0.536.